The highest BCUT2D eigenvalue weighted by Crippen LogP contribution is 2.20. The van der Waals surface area contributed by atoms with Crippen molar-refractivity contribution >= 4 is 10.9 Å². The number of rotatable bonds is 5. The quantitative estimate of drug-likeness (QED) is 0.707. The van der Waals surface area contributed by atoms with Crippen LogP contribution in [0.25, 0.3) is 10.9 Å². The highest BCUT2D eigenvalue weighted by molar-refractivity contribution is 5.81. The molecule has 0 atom stereocenters. The van der Waals surface area contributed by atoms with Gasteiger partial charge in [-0.3, -0.25) is 13.9 Å². The van der Waals surface area contributed by atoms with E-state index in [0.29, 0.717) is 24.4 Å². The Hall–Kier alpha value is -2.76. The van der Waals surface area contributed by atoms with Crippen molar-refractivity contribution in [2.75, 3.05) is 7.11 Å². The predicted octanol–water partition coefficient (Wildman–Crippen LogP) is 2.52. The molecule has 0 bridgehead atoms. The fourth-order valence-electron chi connectivity index (χ4n) is 3.31. The molecule has 1 aromatic carbocycles. The summed E-state index contributed by atoms with van der Waals surface area (Å²) in [4.78, 5) is 25.2. The SMILES string of the molecule is COc1ccc(Cn2cc3c(=O)n(C)c(=O)n(CC(C)C)c3c2C)cc1. The van der Waals surface area contributed by atoms with E-state index in [0.717, 1.165) is 22.5 Å². The van der Waals surface area contributed by atoms with Gasteiger partial charge in [-0.15, -0.1) is 0 Å². The Morgan fingerprint density at radius 3 is 2.35 bits per heavy atom. The number of hydrogen-bond donors (Lipinski definition) is 0. The van der Waals surface area contributed by atoms with Crippen LogP contribution in [0.3, 0.4) is 0 Å². The third kappa shape index (κ3) is 3.07. The second-order valence-electron chi connectivity index (χ2n) is 7.10. The second kappa shape index (κ2) is 6.86. The number of aromatic nitrogens is 3. The van der Waals surface area contributed by atoms with Crippen LogP contribution in [0.1, 0.15) is 25.1 Å². The Morgan fingerprint density at radius 2 is 1.77 bits per heavy atom. The van der Waals surface area contributed by atoms with Crippen molar-refractivity contribution in [3.63, 3.8) is 0 Å². The number of fused-ring (bicyclic) bond motifs is 1. The van der Waals surface area contributed by atoms with Gasteiger partial charge in [0.15, 0.2) is 0 Å². The fraction of sp³-hybridized carbons (Fsp3) is 0.400. The van der Waals surface area contributed by atoms with Crippen LogP contribution in [0.15, 0.2) is 40.1 Å². The minimum atomic E-state index is -0.263. The number of aryl methyl sites for hydroxylation is 1. The topological polar surface area (TPSA) is 58.2 Å². The molecule has 26 heavy (non-hydrogen) atoms. The highest BCUT2D eigenvalue weighted by atomic mass is 16.5. The van der Waals surface area contributed by atoms with Crippen molar-refractivity contribution in [1.82, 2.24) is 13.7 Å². The molecule has 0 aliphatic heterocycles. The molecule has 6 nitrogen and oxygen atoms in total. The van der Waals surface area contributed by atoms with Gasteiger partial charge in [-0.2, -0.15) is 0 Å². The van der Waals surface area contributed by atoms with Crippen LogP contribution in [-0.2, 0) is 20.1 Å². The lowest BCUT2D eigenvalue weighted by Crippen LogP contribution is -2.38. The van der Waals surface area contributed by atoms with Gasteiger partial charge in [-0.1, -0.05) is 26.0 Å². The summed E-state index contributed by atoms with van der Waals surface area (Å²) in [7, 11) is 3.18. The Morgan fingerprint density at radius 1 is 1.12 bits per heavy atom. The van der Waals surface area contributed by atoms with Gasteiger partial charge in [0.2, 0.25) is 0 Å². The first-order valence-electron chi connectivity index (χ1n) is 8.75. The van der Waals surface area contributed by atoms with Crippen molar-refractivity contribution in [2.24, 2.45) is 13.0 Å². The maximum absolute atomic E-state index is 12.6. The molecule has 6 heteroatoms. The summed E-state index contributed by atoms with van der Waals surface area (Å²) >= 11 is 0. The molecule has 0 amide bonds. The van der Waals surface area contributed by atoms with Crippen molar-refractivity contribution in [1.29, 1.82) is 0 Å². The lowest BCUT2D eigenvalue weighted by Gasteiger charge is -2.13. The van der Waals surface area contributed by atoms with Crippen molar-refractivity contribution in [3.05, 3.63) is 62.6 Å². The predicted molar refractivity (Wildman–Crippen MR) is 103 cm³/mol. The summed E-state index contributed by atoms with van der Waals surface area (Å²) < 4.78 is 10.1. The van der Waals surface area contributed by atoms with Crippen LogP contribution in [0.4, 0.5) is 0 Å². The summed E-state index contributed by atoms with van der Waals surface area (Å²) in [5, 5.41) is 0.582. The van der Waals surface area contributed by atoms with Gasteiger partial charge in [0.05, 0.1) is 18.0 Å². The molecule has 0 spiro atoms. The summed E-state index contributed by atoms with van der Waals surface area (Å²) in [6.45, 7) is 7.29. The molecule has 3 rings (SSSR count). The van der Waals surface area contributed by atoms with Gasteiger partial charge in [0, 0.05) is 32.0 Å². The lowest BCUT2D eigenvalue weighted by molar-refractivity contribution is 0.414. The largest absolute Gasteiger partial charge is 0.497 e. The highest BCUT2D eigenvalue weighted by Gasteiger charge is 2.17. The van der Waals surface area contributed by atoms with E-state index in [2.05, 4.69) is 13.8 Å². The monoisotopic (exact) mass is 355 g/mol. The lowest BCUT2D eigenvalue weighted by atomic mass is 10.2. The summed E-state index contributed by atoms with van der Waals surface area (Å²) in [6.07, 6.45) is 1.85. The maximum atomic E-state index is 12.6. The first-order valence-corrected chi connectivity index (χ1v) is 8.75. The zero-order chi connectivity index (χ0) is 19.0. The van der Waals surface area contributed by atoms with Gasteiger partial charge in [0.25, 0.3) is 5.56 Å². The molecule has 0 saturated carbocycles. The van der Waals surface area contributed by atoms with E-state index < -0.39 is 0 Å². The number of methoxy groups -OCH3 is 1. The average Bonchev–Trinajstić information content (AvgIpc) is 2.94. The Labute approximate surface area is 152 Å². The van der Waals surface area contributed by atoms with E-state index in [1.807, 2.05) is 42.0 Å². The minimum Gasteiger partial charge on any atom is -0.497 e. The van der Waals surface area contributed by atoms with E-state index >= 15 is 0 Å². The zero-order valence-corrected chi connectivity index (χ0v) is 15.9. The Balaban J connectivity index is 2.16. The van der Waals surface area contributed by atoms with Gasteiger partial charge in [-0.25, -0.2) is 4.79 Å². The van der Waals surface area contributed by atoms with Crippen LogP contribution in [0, 0.1) is 12.8 Å². The molecular weight excluding hydrogens is 330 g/mol. The molecule has 2 heterocycles. The number of nitrogens with zero attached hydrogens (tertiary/aromatic N) is 3. The van der Waals surface area contributed by atoms with Crippen molar-refractivity contribution in [2.45, 2.75) is 33.9 Å². The van der Waals surface area contributed by atoms with E-state index in [-0.39, 0.29) is 11.2 Å². The van der Waals surface area contributed by atoms with Crippen LogP contribution < -0.4 is 16.0 Å². The molecular formula is C20H25N3O3. The fourth-order valence-corrected chi connectivity index (χ4v) is 3.31. The number of ether oxygens (including phenoxy) is 1. The second-order valence-corrected chi connectivity index (χ2v) is 7.10. The molecule has 0 unspecified atom stereocenters. The smallest absolute Gasteiger partial charge is 0.331 e. The summed E-state index contributed by atoms with van der Waals surface area (Å²) in [6, 6.07) is 7.84. The van der Waals surface area contributed by atoms with Crippen LogP contribution >= 0.6 is 0 Å². The molecule has 0 fully saturated rings. The Bertz CT molecular complexity index is 1050. The third-order valence-corrected chi connectivity index (χ3v) is 4.70. The molecule has 2 aromatic heterocycles. The van der Waals surface area contributed by atoms with E-state index in [1.54, 1.807) is 11.7 Å². The van der Waals surface area contributed by atoms with E-state index in [4.69, 9.17) is 4.74 Å². The van der Waals surface area contributed by atoms with Crippen LogP contribution in [0.2, 0.25) is 0 Å². The molecule has 3 aromatic rings. The molecule has 0 radical (unpaired) electrons. The zero-order valence-electron chi connectivity index (χ0n) is 15.9. The van der Waals surface area contributed by atoms with Crippen LogP contribution in [-0.4, -0.2) is 20.8 Å². The minimum absolute atomic E-state index is 0.249. The molecule has 138 valence electrons. The van der Waals surface area contributed by atoms with E-state index in [1.165, 1.54) is 11.6 Å². The summed E-state index contributed by atoms with van der Waals surface area (Å²) in [5.74, 6) is 1.11. The molecule has 0 aliphatic carbocycles. The number of benzene rings is 1. The Kier molecular flexibility index (Phi) is 4.76. The first kappa shape index (κ1) is 18.0. The van der Waals surface area contributed by atoms with Gasteiger partial charge in [-0.05, 0) is 30.5 Å². The molecule has 0 aliphatic rings. The average molecular weight is 355 g/mol. The van der Waals surface area contributed by atoms with Crippen molar-refractivity contribution in [3.8, 4) is 5.75 Å². The first-order chi connectivity index (χ1) is 12.3. The normalized spacial score (nSPS) is 11.5. The van der Waals surface area contributed by atoms with Gasteiger partial charge in [0.1, 0.15) is 5.75 Å². The van der Waals surface area contributed by atoms with Gasteiger partial charge < -0.3 is 9.30 Å². The van der Waals surface area contributed by atoms with Crippen LogP contribution in [0.5, 0.6) is 5.75 Å². The summed E-state index contributed by atoms with van der Waals surface area (Å²) in [5.41, 5.74) is 2.25. The van der Waals surface area contributed by atoms with Gasteiger partial charge >= 0.3 is 5.69 Å². The number of hydrogen-bond acceptors (Lipinski definition) is 3. The third-order valence-electron chi connectivity index (χ3n) is 4.70. The standard InChI is InChI=1S/C20H25N3O3/c1-13(2)10-23-18-14(3)22(11-15-6-8-16(26-5)9-7-15)12-17(18)19(24)21(4)20(23)25/h6-9,12-13H,10-11H2,1-5H3. The molecule has 0 N–H and O–H groups in total. The molecule has 0 saturated heterocycles. The maximum Gasteiger partial charge on any atom is 0.331 e. The van der Waals surface area contributed by atoms with E-state index in [9.17, 15) is 9.59 Å². The van der Waals surface area contributed by atoms with Crippen molar-refractivity contribution < 1.29 is 4.74 Å².